The molecular weight excluding hydrogens is 300 g/mol. The van der Waals surface area contributed by atoms with Gasteiger partial charge in [0.25, 0.3) is 10.2 Å². The summed E-state index contributed by atoms with van der Waals surface area (Å²) in [5, 5.41) is 8.64. The molecule has 0 aliphatic carbocycles. The molecule has 0 atom stereocenters. The summed E-state index contributed by atoms with van der Waals surface area (Å²) in [5.41, 5.74) is 0. The molecule has 0 aromatic heterocycles. The van der Waals surface area contributed by atoms with Gasteiger partial charge in [0.05, 0.1) is 19.6 Å². The van der Waals surface area contributed by atoms with E-state index in [1.54, 1.807) is 0 Å². The monoisotopic (exact) mass is 326 g/mol. The number of carbonyl (C=O) groups is 1. The van der Waals surface area contributed by atoms with Crippen molar-refractivity contribution in [3.05, 3.63) is 0 Å². The molecular formula is C12H26N2O6S. The van der Waals surface area contributed by atoms with Crippen molar-refractivity contribution in [1.29, 1.82) is 0 Å². The Kier molecular flexibility index (Phi) is 10.5. The molecule has 0 fully saturated rings. The van der Waals surface area contributed by atoms with E-state index < -0.39 is 16.2 Å². The summed E-state index contributed by atoms with van der Waals surface area (Å²) in [7, 11) is -2.35. The van der Waals surface area contributed by atoms with Gasteiger partial charge in [0.2, 0.25) is 0 Å². The van der Waals surface area contributed by atoms with Crippen LogP contribution in [0.25, 0.3) is 0 Å². The van der Waals surface area contributed by atoms with Crippen molar-refractivity contribution in [2.24, 2.45) is 0 Å². The maximum Gasteiger partial charge on any atom is 0.304 e. The highest BCUT2D eigenvalue weighted by Crippen LogP contribution is 2.07. The molecule has 0 saturated heterocycles. The Balaban J connectivity index is 4.68. The van der Waals surface area contributed by atoms with Crippen LogP contribution in [0, 0.1) is 0 Å². The smallest absolute Gasteiger partial charge is 0.304 e. The zero-order valence-corrected chi connectivity index (χ0v) is 13.8. The van der Waals surface area contributed by atoms with Gasteiger partial charge in [-0.2, -0.15) is 17.0 Å². The molecule has 8 nitrogen and oxygen atoms in total. The van der Waals surface area contributed by atoms with Crippen molar-refractivity contribution in [3.63, 3.8) is 0 Å². The van der Waals surface area contributed by atoms with E-state index in [-0.39, 0.29) is 39.3 Å². The second-order valence-corrected chi connectivity index (χ2v) is 6.30. The van der Waals surface area contributed by atoms with Gasteiger partial charge in [-0.05, 0) is 13.8 Å². The van der Waals surface area contributed by atoms with E-state index in [2.05, 4.69) is 0 Å². The van der Waals surface area contributed by atoms with Crippen molar-refractivity contribution in [1.82, 2.24) is 8.61 Å². The molecule has 0 bridgehead atoms. The SMILES string of the molecule is CCOCCN(CCOCC)S(=O)(=O)N(C)CCC(=O)O. The Labute approximate surface area is 126 Å². The zero-order chi connectivity index (χ0) is 16.3. The summed E-state index contributed by atoms with van der Waals surface area (Å²) in [4.78, 5) is 10.5. The lowest BCUT2D eigenvalue weighted by atomic mass is 10.4. The van der Waals surface area contributed by atoms with Crippen molar-refractivity contribution in [2.75, 3.05) is 53.1 Å². The van der Waals surface area contributed by atoms with Gasteiger partial charge in [0.15, 0.2) is 0 Å². The van der Waals surface area contributed by atoms with E-state index >= 15 is 0 Å². The summed E-state index contributed by atoms with van der Waals surface area (Å²) in [5.74, 6) is -1.03. The second-order valence-electron chi connectivity index (χ2n) is 4.27. The second kappa shape index (κ2) is 10.9. The first-order valence-corrected chi connectivity index (χ1v) is 8.34. The molecule has 0 aromatic carbocycles. The highest BCUT2D eigenvalue weighted by Gasteiger charge is 2.26. The molecule has 0 heterocycles. The minimum absolute atomic E-state index is 0.0720. The van der Waals surface area contributed by atoms with Gasteiger partial charge < -0.3 is 14.6 Å². The highest BCUT2D eigenvalue weighted by molar-refractivity contribution is 7.86. The van der Waals surface area contributed by atoms with Crippen LogP contribution < -0.4 is 0 Å². The molecule has 1 N–H and O–H groups in total. The predicted octanol–water partition coefficient (Wildman–Crippen LogP) is 0.0127. The number of aliphatic carboxylic acids is 1. The molecule has 0 aromatic rings. The van der Waals surface area contributed by atoms with Crippen LogP contribution in [0.4, 0.5) is 0 Å². The molecule has 0 saturated carbocycles. The molecule has 0 aliphatic heterocycles. The van der Waals surface area contributed by atoms with E-state index in [4.69, 9.17) is 14.6 Å². The molecule has 9 heteroatoms. The summed E-state index contributed by atoms with van der Waals surface area (Å²) in [6.45, 7) is 5.60. The number of rotatable bonds is 13. The first kappa shape index (κ1) is 20.3. The Morgan fingerprint density at radius 2 is 1.52 bits per heavy atom. The normalized spacial score (nSPS) is 12.2. The fourth-order valence-corrected chi connectivity index (χ4v) is 2.86. The summed E-state index contributed by atoms with van der Waals surface area (Å²) < 4.78 is 37.4. The highest BCUT2D eigenvalue weighted by atomic mass is 32.2. The Hall–Kier alpha value is -0.740. The van der Waals surface area contributed by atoms with Gasteiger partial charge in [-0.15, -0.1) is 0 Å². The molecule has 0 rings (SSSR count). The van der Waals surface area contributed by atoms with E-state index in [1.165, 1.54) is 11.4 Å². The van der Waals surface area contributed by atoms with E-state index in [9.17, 15) is 13.2 Å². The third-order valence-electron chi connectivity index (χ3n) is 2.74. The summed E-state index contributed by atoms with van der Waals surface area (Å²) in [6, 6.07) is 0. The third kappa shape index (κ3) is 8.32. The topological polar surface area (TPSA) is 96.4 Å². The lowest BCUT2D eigenvalue weighted by Gasteiger charge is -2.27. The minimum atomic E-state index is -3.71. The fraction of sp³-hybridized carbons (Fsp3) is 0.917. The average Bonchev–Trinajstić information content (AvgIpc) is 2.43. The standard InChI is InChI=1S/C12H26N2O6S/c1-4-19-10-8-14(9-11-20-5-2)21(17,18)13(3)7-6-12(15)16/h4-11H2,1-3H3,(H,15,16). The summed E-state index contributed by atoms with van der Waals surface area (Å²) in [6.07, 6.45) is -0.236. The van der Waals surface area contributed by atoms with Gasteiger partial charge >= 0.3 is 5.97 Å². The van der Waals surface area contributed by atoms with Crippen LogP contribution in [-0.2, 0) is 24.5 Å². The van der Waals surface area contributed by atoms with Gasteiger partial charge in [-0.3, -0.25) is 4.79 Å². The number of hydrogen-bond acceptors (Lipinski definition) is 5. The Morgan fingerprint density at radius 1 is 1.05 bits per heavy atom. The maximum atomic E-state index is 12.4. The number of ether oxygens (including phenoxy) is 2. The quantitative estimate of drug-likeness (QED) is 0.479. The van der Waals surface area contributed by atoms with Crippen molar-refractivity contribution < 1.29 is 27.8 Å². The van der Waals surface area contributed by atoms with Crippen molar-refractivity contribution in [2.45, 2.75) is 20.3 Å². The number of carboxylic acid groups (broad SMARTS) is 1. The molecule has 0 amide bonds. The largest absolute Gasteiger partial charge is 0.481 e. The van der Waals surface area contributed by atoms with E-state index in [0.717, 1.165) is 4.31 Å². The average molecular weight is 326 g/mol. The lowest BCUT2D eigenvalue weighted by molar-refractivity contribution is -0.137. The Bertz CT molecular complexity index is 377. The number of carboxylic acids is 1. The van der Waals surface area contributed by atoms with E-state index in [0.29, 0.717) is 13.2 Å². The van der Waals surface area contributed by atoms with Crippen LogP contribution in [0.15, 0.2) is 0 Å². The predicted molar refractivity (Wildman–Crippen MR) is 78.4 cm³/mol. The third-order valence-corrected chi connectivity index (χ3v) is 4.73. The van der Waals surface area contributed by atoms with Gasteiger partial charge in [0, 0.05) is 39.9 Å². The summed E-state index contributed by atoms with van der Waals surface area (Å²) >= 11 is 0. The van der Waals surface area contributed by atoms with Crippen molar-refractivity contribution >= 4 is 16.2 Å². The number of nitrogens with zero attached hydrogens (tertiary/aromatic N) is 2. The van der Waals surface area contributed by atoms with Gasteiger partial charge in [-0.25, -0.2) is 0 Å². The molecule has 0 aliphatic rings. The Morgan fingerprint density at radius 3 is 1.90 bits per heavy atom. The molecule has 0 radical (unpaired) electrons. The van der Waals surface area contributed by atoms with Crippen LogP contribution in [0.3, 0.4) is 0 Å². The van der Waals surface area contributed by atoms with Crippen LogP contribution in [0.2, 0.25) is 0 Å². The zero-order valence-electron chi connectivity index (χ0n) is 12.9. The van der Waals surface area contributed by atoms with Gasteiger partial charge in [0.1, 0.15) is 0 Å². The lowest BCUT2D eigenvalue weighted by Crippen LogP contribution is -2.45. The molecule has 21 heavy (non-hydrogen) atoms. The molecule has 126 valence electrons. The fourth-order valence-electron chi connectivity index (χ4n) is 1.53. The van der Waals surface area contributed by atoms with E-state index in [1.807, 2.05) is 13.8 Å². The maximum absolute atomic E-state index is 12.4. The van der Waals surface area contributed by atoms with Crippen LogP contribution in [0.5, 0.6) is 0 Å². The van der Waals surface area contributed by atoms with Crippen LogP contribution in [-0.4, -0.2) is 81.2 Å². The minimum Gasteiger partial charge on any atom is -0.481 e. The first-order chi connectivity index (χ1) is 9.86. The first-order valence-electron chi connectivity index (χ1n) is 6.94. The van der Waals surface area contributed by atoms with Crippen molar-refractivity contribution in [3.8, 4) is 0 Å². The van der Waals surface area contributed by atoms with Crippen LogP contribution >= 0.6 is 0 Å². The van der Waals surface area contributed by atoms with Gasteiger partial charge in [-0.1, -0.05) is 0 Å². The number of hydrogen-bond donors (Lipinski definition) is 1. The van der Waals surface area contributed by atoms with Crippen LogP contribution in [0.1, 0.15) is 20.3 Å². The molecule has 0 unspecified atom stereocenters. The molecule has 0 spiro atoms.